The second kappa shape index (κ2) is 7.73. The number of halogens is 1. The van der Waals surface area contributed by atoms with Crippen molar-refractivity contribution in [1.82, 2.24) is 20.3 Å². The first-order valence-electron chi connectivity index (χ1n) is 6.71. The summed E-state index contributed by atoms with van der Waals surface area (Å²) in [6, 6.07) is 8.36. The molecule has 2 N–H and O–H groups in total. The minimum Gasteiger partial charge on any atom is -0.481 e. The number of hydrogen-bond donors (Lipinski definition) is 2. The van der Waals surface area contributed by atoms with Gasteiger partial charge in [0.15, 0.2) is 4.60 Å². The predicted molar refractivity (Wildman–Crippen MR) is 83.5 cm³/mol. The van der Waals surface area contributed by atoms with Crippen molar-refractivity contribution in [3.05, 3.63) is 46.2 Å². The van der Waals surface area contributed by atoms with Crippen LogP contribution in [0.2, 0.25) is 0 Å². The molecule has 0 aliphatic carbocycles. The lowest BCUT2D eigenvalue weighted by atomic mass is 10.1. The van der Waals surface area contributed by atoms with Crippen molar-refractivity contribution in [2.75, 3.05) is 0 Å². The first kappa shape index (κ1) is 16.9. The molecule has 0 radical (unpaired) electrons. The summed E-state index contributed by atoms with van der Waals surface area (Å²) >= 11 is 3.19. The van der Waals surface area contributed by atoms with Gasteiger partial charge in [0, 0.05) is 7.05 Å². The molecule has 23 heavy (non-hydrogen) atoms. The molecular formula is C14H15BrN4O4. The lowest BCUT2D eigenvalue weighted by molar-refractivity contribution is -0.137. The summed E-state index contributed by atoms with van der Waals surface area (Å²) in [6.45, 7) is 0.0945. The lowest BCUT2D eigenvalue weighted by Gasteiger charge is -2.17. The van der Waals surface area contributed by atoms with Crippen molar-refractivity contribution in [1.29, 1.82) is 0 Å². The van der Waals surface area contributed by atoms with Crippen molar-refractivity contribution in [3.8, 4) is 0 Å². The molecule has 0 fully saturated rings. The second-order valence-electron chi connectivity index (χ2n) is 4.75. The summed E-state index contributed by atoms with van der Waals surface area (Å²) < 4.78 is 6.88. The number of amides is 1. The molecule has 1 aromatic heterocycles. The molecule has 0 saturated carbocycles. The maximum Gasteiger partial charge on any atom is 0.408 e. The molecule has 122 valence electrons. The standard InChI is InChI=1S/C14H15BrN4O4/c1-19-12(13(15)17-18-19)10(7-11(20)21)16-14(22)23-8-9-5-3-2-4-6-9/h2-6,10H,7-8H2,1H3,(H,16,22)(H,20,21)/t10-/m1/s1. The number of aliphatic carboxylic acids is 1. The van der Waals surface area contributed by atoms with E-state index >= 15 is 0 Å². The lowest BCUT2D eigenvalue weighted by Crippen LogP contribution is -2.32. The largest absolute Gasteiger partial charge is 0.481 e. The van der Waals surface area contributed by atoms with Crippen LogP contribution >= 0.6 is 15.9 Å². The second-order valence-corrected chi connectivity index (χ2v) is 5.50. The molecule has 2 aromatic rings. The SMILES string of the molecule is Cn1nnc(Br)c1[C@@H](CC(=O)O)NC(=O)OCc1ccccc1. The van der Waals surface area contributed by atoms with Crippen LogP contribution in [0.1, 0.15) is 23.7 Å². The van der Waals surface area contributed by atoms with Gasteiger partial charge in [-0.15, -0.1) is 5.10 Å². The number of aryl methyl sites for hydroxylation is 1. The molecule has 8 nitrogen and oxygen atoms in total. The number of carbonyl (C=O) groups excluding carboxylic acids is 1. The van der Waals surface area contributed by atoms with Gasteiger partial charge >= 0.3 is 12.1 Å². The van der Waals surface area contributed by atoms with E-state index in [-0.39, 0.29) is 13.0 Å². The van der Waals surface area contributed by atoms with Crippen molar-refractivity contribution in [2.24, 2.45) is 7.05 Å². The Morgan fingerprint density at radius 1 is 1.39 bits per heavy atom. The summed E-state index contributed by atoms with van der Waals surface area (Å²) in [6.07, 6.45) is -1.03. The van der Waals surface area contributed by atoms with Gasteiger partial charge in [0.05, 0.1) is 18.2 Å². The zero-order chi connectivity index (χ0) is 16.8. The van der Waals surface area contributed by atoms with Gasteiger partial charge in [-0.1, -0.05) is 35.5 Å². The van der Waals surface area contributed by atoms with E-state index in [1.54, 1.807) is 7.05 Å². The molecule has 1 aromatic carbocycles. The van der Waals surface area contributed by atoms with Crippen LogP contribution in [0, 0.1) is 0 Å². The number of rotatable bonds is 6. The number of carboxylic acid groups (broad SMARTS) is 1. The third kappa shape index (κ3) is 4.78. The zero-order valence-electron chi connectivity index (χ0n) is 12.3. The molecule has 2 rings (SSSR count). The van der Waals surface area contributed by atoms with Crippen LogP contribution in [0.3, 0.4) is 0 Å². The van der Waals surface area contributed by atoms with E-state index in [0.717, 1.165) is 5.56 Å². The van der Waals surface area contributed by atoms with Crippen molar-refractivity contribution < 1.29 is 19.4 Å². The Bertz CT molecular complexity index is 670. The van der Waals surface area contributed by atoms with Gasteiger partial charge < -0.3 is 15.2 Å². The van der Waals surface area contributed by atoms with Crippen LogP contribution in [0.5, 0.6) is 0 Å². The number of carbonyl (C=O) groups is 2. The Kier molecular flexibility index (Phi) is 5.69. The van der Waals surface area contributed by atoms with Crippen LogP contribution in [0.25, 0.3) is 0 Å². The number of nitrogens with one attached hydrogen (secondary N) is 1. The molecule has 0 aliphatic heterocycles. The summed E-state index contributed by atoms with van der Waals surface area (Å²) in [5.41, 5.74) is 1.28. The van der Waals surface area contributed by atoms with E-state index in [4.69, 9.17) is 9.84 Å². The van der Waals surface area contributed by atoms with Crippen LogP contribution in [-0.4, -0.2) is 32.2 Å². The molecule has 0 saturated heterocycles. The summed E-state index contributed by atoms with van der Waals surface area (Å²) in [4.78, 5) is 23.0. The van der Waals surface area contributed by atoms with Gasteiger partial charge in [-0.2, -0.15) is 0 Å². The van der Waals surface area contributed by atoms with E-state index in [9.17, 15) is 9.59 Å². The van der Waals surface area contributed by atoms with Gasteiger partial charge in [0.25, 0.3) is 0 Å². The van der Waals surface area contributed by atoms with Crippen molar-refractivity contribution in [2.45, 2.75) is 19.1 Å². The molecule has 0 aliphatic rings. The molecule has 0 spiro atoms. The number of alkyl carbamates (subject to hydrolysis) is 1. The van der Waals surface area contributed by atoms with Crippen molar-refractivity contribution >= 4 is 28.0 Å². The Morgan fingerprint density at radius 3 is 2.65 bits per heavy atom. The van der Waals surface area contributed by atoms with E-state index in [2.05, 4.69) is 31.6 Å². The topological polar surface area (TPSA) is 106 Å². The monoisotopic (exact) mass is 382 g/mol. The smallest absolute Gasteiger partial charge is 0.408 e. The number of benzene rings is 1. The minimum absolute atomic E-state index is 0.0945. The molecular weight excluding hydrogens is 368 g/mol. The van der Waals surface area contributed by atoms with Crippen molar-refractivity contribution in [3.63, 3.8) is 0 Å². The normalized spacial score (nSPS) is 11.7. The third-order valence-corrected chi connectivity index (χ3v) is 3.61. The number of ether oxygens (including phenoxy) is 1. The molecule has 1 atom stereocenters. The van der Waals surface area contributed by atoms with Gasteiger partial charge in [0.2, 0.25) is 0 Å². The molecule has 0 bridgehead atoms. The number of aromatic nitrogens is 3. The van der Waals surface area contributed by atoms with Crippen LogP contribution in [0.4, 0.5) is 4.79 Å². The molecule has 1 amide bonds. The first-order chi connectivity index (χ1) is 11.0. The average Bonchev–Trinajstić information content (AvgIpc) is 2.84. The van der Waals surface area contributed by atoms with Gasteiger partial charge in [0.1, 0.15) is 6.61 Å². The maximum absolute atomic E-state index is 11.9. The van der Waals surface area contributed by atoms with Gasteiger partial charge in [-0.05, 0) is 21.5 Å². The first-order valence-corrected chi connectivity index (χ1v) is 7.50. The fourth-order valence-electron chi connectivity index (χ4n) is 2.01. The quantitative estimate of drug-likeness (QED) is 0.791. The average molecular weight is 383 g/mol. The summed E-state index contributed by atoms with van der Waals surface area (Å²) in [5.74, 6) is -1.06. The Labute approximate surface area is 140 Å². The predicted octanol–water partition coefficient (Wildman–Crippen LogP) is 2.02. The summed E-state index contributed by atoms with van der Waals surface area (Å²) in [7, 11) is 1.61. The third-order valence-electron chi connectivity index (χ3n) is 3.04. The van der Waals surface area contributed by atoms with Crippen LogP contribution in [0.15, 0.2) is 34.9 Å². The van der Waals surface area contributed by atoms with Crippen LogP contribution < -0.4 is 5.32 Å². The Morgan fingerprint density at radius 2 is 2.09 bits per heavy atom. The zero-order valence-corrected chi connectivity index (χ0v) is 13.9. The highest BCUT2D eigenvalue weighted by Crippen LogP contribution is 2.23. The highest BCUT2D eigenvalue weighted by Gasteiger charge is 2.25. The number of carboxylic acids is 1. The fourth-order valence-corrected chi connectivity index (χ4v) is 2.61. The molecule has 1 heterocycles. The molecule has 0 unspecified atom stereocenters. The highest BCUT2D eigenvalue weighted by atomic mass is 79.9. The number of nitrogens with zero attached hydrogens (tertiary/aromatic N) is 3. The van der Waals surface area contributed by atoms with Crippen LogP contribution in [-0.2, 0) is 23.2 Å². The van der Waals surface area contributed by atoms with E-state index < -0.39 is 18.1 Å². The van der Waals surface area contributed by atoms with E-state index in [0.29, 0.717) is 10.3 Å². The van der Waals surface area contributed by atoms with Gasteiger partial charge in [-0.3, -0.25) is 4.79 Å². The molecule has 9 heteroatoms. The highest BCUT2D eigenvalue weighted by molar-refractivity contribution is 9.10. The Hall–Kier alpha value is -2.42. The fraction of sp³-hybridized carbons (Fsp3) is 0.286. The Balaban J connectivity index is 2.03. The van der Waals surface area contributed by atoms with E-state index in [1.165, 1.54) is 4.68 Å². The minimum atomic E-state index is -1.06. The van der Waals surface area contributed by atoms with Gasteiger partial charge in [-0.25, -0.2) is 9.48 Å². The maximum atomic E-state index is 11.9. The number of hydrogen-bond acceptors (Lipinski definition) is 5. The summed E-state index contributed by atoms with van der Waals surface area (Å²) in [5, 5.41) is 19.1. The van der Waals surface area contributed by atoms with E-state index in [1.807, 2.05) is 30.3 Å².